The van der Waals surface area contributed by atoms with Crippen molar-refractivity contribution in [3.8, 4) is 40.6 Å². The van der Waals surface area contributed by atoms with Gasteiger partial charge in [0.1, 0.15) is 5.75 Å². The van der Waals surface area contributed by atoms with Gasteiger partial charge in [0.05, 0.1) is 19.8 Å². The SMILES string of the molecule is CC.CCC(=O)Oc1cc(O)c(OC)cc1C#Cc1ccc(OC)c(O)c1.CP.CP. The monoisotopic (exact) mass is 468 g/mol. The third kappa shape index (κ3) is 10.4. The van der Waals surface area contributed by atoms with Crippen LogP contribution in [0.5, 0.6) is 28.7 Å². The molecule has 0 fully saturated rings. The van der Waals surface area contributed by atoms with E-state index in [1.807, 2.05) is 27.2 Å². The number of carbonyl (C=O) groups is 1. The molecule has 0 aromatic heterocycles. The maximum Gasteiger partial charge on any atom is 0.310 e. The highest BCUT2D eigenvalue weighted by Crippen LogP contribution is 2.34. The maximum atomic E-state index is 11.6. The van der Waals surface area contributed by atoms with Crippen LogP contribution in [0.1, 0.15) is 38.3 Å². The van der Waals surface area contributed by atoms with Gasteiger partial charge in [-0.3, -0.25) is 4.79 Å². The topological polar surface area (TPSA) is 85.2 Å². The minimum Gasteiger partial charge on any atom is -0.504 e. The fourth-order valence-corrected chi connectivity index (χ4v) is 2.00. The number of phenols is 2. The number of phenolic OH excluding ortho intramolecular Hbond substituents is 2. The molecule has 0 saturated carbocycles. The van der Waals surface area contributed by atoms with E-state index in [0.717, 1.165) is 0 Å². The Kier molecular flexibility index (Phi) is 18.1. The number of hydrogen-bond donors (Lipinski definition) is 2. The molecule has 2 rings (SSSR count). The Morgan fingerprint density at radius 1 is 0.871 bits per heavy atom. The van der Waals surface area contributed by atoms with Gasteiger partial charge in [0, 0.05) is 24.1 Å². The minimum atomic E-state index is -0.449. The summed E-state index contributed by atoms with van der Waals surface area (Å²) in [5, 5.41) is 19.7. The molecule has 8 heteroatoms. The molecule has 0 heterocycles. The first-order chi connectivity index (χ1) is 15.0. The third-order valence-corrected chi connectivity index (χ3v) is 3.31. The van der Waals surface area contributed by atoms with Crippen molar-refractivity contribution in [2.24, 2.45) is 0 Å². The molecule has 2 N–H and O–H groups in total. The van der Waals surface area contributed by atoms with Crippen LogP contribution < -0.4 is 14.2 Å². The second-order valence-electron chi connectivity index (χ2n) is 4.98. The Morgan fingerprint density at radius 3 is 1.90 bits per heavy atom. The van der Waals surface area contributed by atoms with E-state index in [9.17, 15) is 15.0 Å². The van der Waals surface area contributed by atoms with Crippen molar-refractivity contribution in [3.05, 3.63) is 41.5 Å². The summed E-state index contributed by atoms with van der Waals surface area (Å²) in [6, 6.07) is 7.49. The first-order valence-electron chi connectivity index (χ1n) is 9.64. The van der Waals surface area contributed by atoms with Gasteiger partial charge in [0.2, 0.25) is 0 Å². The van der Waals surface area contributed by atoms with E-state index in [4.69, 9.17) is 14.2 Å². The Labute approximate surface area is 190 Å². The van der Waals surface area contributed by atoms with Crippen molar-refractivity contribution < 1.29 is 29.2 Å². The number of ether oxygens (including phenoxy) is 3. The second kappa shape index (κ2) is 18.3. The molecule has 0 aliphatic heterocycles. The molecule has 0 radical (unpaired) electrons. The molecule has 0 spiro atoms. The first-order valence-corrected chi connectivity index (χ1v) is 12.0. The van der Waals surface area contributed by atoms with E-state index in [2.05, 4.69) is 30.3 Å². The molecule has 2 aromatic rings. The fraction of sp³-hybridized carbons (Fsp3) is 0.348. The van der Waals surface area contributed by atoms with E-state index < -0.39 is 5.97 Å². The Bertz CT molecular complexity index is 857. The van der Waals surface area contributed by atoms with E-state index in [1.165, 1.54) is 32.4 Å². The lowest BCUT2D eigenvalue weighted by atomic mass is 10.1. The van der Waals surface area contributed by atoms with Crippen LogP contribution in [0.15, 0.2) is 30.3 Å². The average Bonchev–Trinajstić information content (AvgIpc) is 2.82. The Balaban J connectivity index is 0. The molecule has 0 bridgehead atoms. The number of methoxy groups -OCH3 is 2. The molecule has 2 atom stereocenters. The van der Waals surface area contributed by atoms with E-state index >= 15 is 0 Å². The predicted molar refractivity (Wildman–Crippen MR) is 134 cm³/mol. The lowest BCUT2D eigenvalue weighted by Gasteiger charge is -2.09. The van der Waals surface area contributed by atoms with Gasteiger partial charge in [0.15, 0.2) is 23.0 Å². The van der Waals surface area contributed by atoms with Gasteiger partial charge >= 0.3 is 5.97 Å². The predicted octanol–water partition coefficient (Wildman–Crippen LogP) is 4.84. The van der Waals surface area contributed by atoms with Crippen molar-refractivity contribution >= 4 is 24.4 Å². The molecule has 6 nitrogen and oxygen atoms in total. The highest BCUT2D eigenvalue weighted by molar-refractivity contribution is 7.15. The normalized spacial score (nSPS) is 8.42. The van der Waals surface area contributed by atoms with Crippen molar-refractivity contribution in [2.75, 3.05) is 27.5 Å². The number of rotatable bonds is 4. The van der Waals surface area contributed by atoms with E-state index in [-0.39, 0.29) is 29.4 Å². The van der Waals surface area contributed by atoms with Gasteiger partial charge in [-0.1, -0.05) is 45.9 Å². The number of hydrogen-bond acceptors (Lipinski definition) is 6. The summed E-state index contributed by atoms with van der Waals surface area (Å²) in [7, 11) is 7.70. The summed E-state index contributed by atoms with van der Waals surface area (Å²) in [4.78, 5) is 11.6. The van der Waals surface area contributed by atoms with Gasteiger partial charge in [-0.25, -0.2) is 0 Å². The van der Waals surface area contributed by atoms with Crippen molar-refractivity contribution in [3.63, 3.8) is 0 Å². The highest BCUT2D eigenvalue weighted by atomic mass is 31.0. The molecule has 0 aliphatic carbocycles. The van der Waals surface area contributed by atoms with Crippen molar-refractivity contribution in [1.82, 2.24) is 0 Å². The van der Waals surface area contributed by atoms with Crippen molar-refractivity contribution in [1.29, 1.82) is 0 Å². The van der Waals surface area contributed by atoms with Gasteiger partial charge in [-0.15, -0.1) is 18.5 Å². The average molecular weight is 468 g/mol. The summed E-state index contributed by atoms with van der Waals surface area (Å²) in [5.41, 5.74) is 0.907. The molecule has 2 aromatic carbocycles. The Hall–Kier alpha value is -2.47. The summed E-state index contributed by atoms with van der Waals surface area (Å²) >= 11 is 0. The number of benzene rings is 2. The zero-order valence-corrected chi connectivity index (χ0v) is 21.6. The minimum absolute atomic E-state index is 0.0322. The molecule has 0 aliphatic rings. The number of carbonyl (C=O) groups excluding carboxylic acids is 1. The summed E-state index contributed by atoms with van der Waals surface area (Å²) in [5.74, 6) is 5.76. The number of aromatic hydroxyl groups is 2. The molecule has 0 amide bonds. The molecule has 31 heavy (non-hydrogen) atoms. The quantitative estimate of drug-likeness (QED) is 0.289. The zero-order valence-electron chi connectivity index (χ0n) is 19.3. The summed E-state index contributed by atoms with van der Waals surface area (Å²) in [6.07, 6.45) is 0.187. The van der Waals surface area contributed by atoms with E-state index in [0.29, 0.717) is 16.9 Å². The van der Waals surface area contributed by atoms with Crippen LogP contribution in [0.25, 0.3) is 0 Å². The van der Waals surface area contributed by atoms with Gasteiger partial charge < -0.3 is 24.4 Å². The van der Waals surface area contributed by atoms with Crippen LogP contribution in [0.3, 0.4) is 0 Å². The maximum absolute atomic E-state index is 11.6. The van der Waals surface area contributed by atoms with Crippen LogP contribution in [-0.4, -0.2) is 43.7 Å². The van der Waals surface area contributed by atoms with Crippen molar-refractivity contribution in [2.45, 2.75) is 27.2 Å². The smallest absolute Gasteiger partial charge is 0.310 e. The van der Waals surface area contributed by atoms with Crippen LogP contribution in [0, 0.1) is 11.8 Å². The third-order valence-electron chi connectivity index (χ3n) is 3.31. The molecular weight excluding hydrogens is 434 g/mol. The molecular formula is C23H34O6P2. The lowest BCUT2D eigenvalue weighted by Crippen LogP contribution is -2.07. The first kappa shape index (κ1) is 30.7. The van der Waals surface area contributed by atoms with Gasteiger partial charge in [-0.05, 0) is 18.2 Å². The fourth-order valence-electron chi connectivity index (χ4n) is 2.00. The second-order valence-corrected chi connectivity index (χ2v) is 4.98. The van der Waals surface area contributed by atoms with Crippen LogP contribution in [-0.2, 0) is 4.79 Å². The Morgan fingerprint density at radius 2 is 1.42 bits per heavy atom. The highest BCUT2D eigenvalue weighted by Gasteiger charge is 2.12. The van der Waals surface area contributed by atoms with Gasteiger partial charge in [0.25, 0.3) is 0 Å². The summed E-state index contributed by atoms with van der Waals surface area (Å²) < 4.78 is 15.2. The molecule has 0 saturated heterocycles. The molecule has 172 valence electrons. The lowest BCUT2D eigenvalue weighted by molar-refractivity contribution is -0.134. The van der Waals surface area contributed by atoms with Crippen LogP contribution >= 0.6 is 18.5 Å². The van der Waals surface area contributed by atoms with Crippen LogP contribution in [0.2, 0.25) is 0 Å². The van der Waals surface area contributed by atoms with E-state index in [1.54, 1.807) is 19.1 Å². The molecule has 2 unspecified atom stereocenters. The zero-order chi connectivity index (χ0) is 24.4. The van der Waals surface area contributed by atoms with Crippen LogP contribution in [0.4, 0.5) is 0 Å². The number of esters is 1. The summed E-state index contributed by atoms with van der Waals surface area (Å²) in [6.45, 7) is 9.50. The van der Waals surface area contributed by atoms with Gasteiger partial charge in [-0.2, -0.15) is 0 Å². The standard InChI is InChI=1S/C19H18O6.C2H6.2CH5P/c1-4-19(22)25-17-11-15(21)18(24-3)10-13(17)7-5-12-6-8-16(23-2)14(20)9-12;3*1-2/h6,8-11,20-21H,4H2,1-3H3;1-2H3;2*2H2,1H3. The largest absolute Gasteiger partial charge is 0.504 e.